The predicted molar refractivity (Wildman–Crippen MR) is 113 cm³/mol. The van der Waals surface area contributed by atoms with Gasteiger partial charge in [0, 0.05) is 36.4 Å². The van der Waals surface area contributed by atoms with Crippen molar-refractivity contribution in [1.29, 1.82) is 0 Å². The van der Waals surface area contributed by atoms with Crippen molar-refractivity contribution < 1.29 is 27.8 Å². The van der Waals surface area contributed by atoms with Crippen LogP contribution in [0.3, 0.4) is 0 Å². The lowest BCUT2D eigenvalue weighted by Crippen LogP contribution is -2.66. The summed E-state index contributed by atoms with van der Waals surface area (Å²) < 4.78 is 39.7. The van der Waals surface area contributed by atoms with E-state index >= 15 is 0 Å². The van der Waals surface area contributed by atoms with Crippen LogP contribution in [0.2, 0.25) is 0 Å². The molecule has 4 aliphatic rings. The van der Waals surface area contributed by atoms with Gasteiger partial charge in [-0.1, -0.05) is 12.1 Å². The van der Waals surface area contributed by atoms with Crippen molar-refractivity contribution in [2.75, 3.05) is 18.1 Å². The van der Waals surface area contributed by atoms with Crippen LogP contribution in [0.1, 0.15) is 30.9 Å². The molecular formula is C21H25NO6S2. The maximum Gasteiger partial charge on any atom is 0.303 e. The molecule has 2 unspecified atom stereocenters. The van der Waals surface area contributed by atoms with Crippen molar-refractivity contribution in [1.82, 2.24) is 4.31 Å². The van der Waals surface area contributed by atoms with E-state index in [1.54, 1.807) is 10.4 Å². The van der Waals surface area contributed by atoms with Gasteiger partial charge in [0.1, 0.15) is 6.10 Å². The Kier molecular flexibility index (Phi) is 4.65. The Morgan fingerprint density at radius 1 is 1.40 bits per heavy atom. The smallest absolute Gasteiger partial charge is 0.303 e. The van der Waals surface area contributed by atoms with E-state index in [2.05, 4.69) is 12.6 Å². The molecule has 2 bridgehead atoms. The maximum atomic E-state index is 13.1. The molecule has 0 aromatic heterocycles. The van der Waals surface area contributed by atoms with Crippen LogP contribution in [-0.4, -0.2) is 60.1 Å². The number of nitrogens with zero attached hydrogens (tertiary/aromatic N) is 1. The Morgan fingerprint density at radius 3 is 2.93 bits per heavy atom. The van der Waals surface area contributed by atoms with Crippen molar-refractivity contribution in [3.63, 3.8) is 0 Å². The summed E-state index contributed by atoms with van der Waals surface area (Å²) in [6, 6.07) is 3.24. The standard InChI is InChI=1S/C21H25NO6S2/c1-12(23)27-17-6-4-14-15-11-13-3-5-16(24)19-18(13)21(14,20(17)28-19)7-8-22(15)30(25,26)10-2-9-29/h3-6,14-15,17,20,24,29H,2,7-11H2,1H3/t14?,15?,17-,20-,21-/m0/s1. The van der Waals surface area contributed by atoms with Gasteiger partial charge in [-0.3, -0.25) is 4.79 Å². The van der Waals surface area contributed by atoms with E-state index in [9.17, 15) is 18.3 Å². The zero-order chi connectivity index (χ0) is 21.3. The number of carbonyl (C=O) groups excluding carboxylic acids is 1. The van der Waals surface area contributed by atoms with E-state index in [1.165, 1.54) is 6.92 Å². The molecule has 0 radical (unpaired) electrons. The van der Waals surface area contributed by atoms with E-state index in [1.807, 2.05) is 18.2 Å². The molecule has 1 aromatic carbocycles. The van der Waals surface area contributed by atoms with Crippen molar-refractivity contribution in [3.05, 3.63) is 35.4 Å². The highest BCUT2D eigenvalue weighted by atomic mass is 32.2. The first-order valence-corrected chi connectivity index (χ1v) is 12.5. The third-order valence-electron chi connectivity index (χ3n) is 7.02. The van der Waals surface area contributed by atoms with Crippen molar-refractivity contribution in [2.24, 2.45) is 5.92 Å². The molecule has 1 fully saturated rings. The van der Waals surface area contributed by atoms with Gasteiger partial charge in [0.15, 0.2) is 17.6 Å². The Labute approximate surface area is 181 Å². The molecule has 30 heavy (non-hydrogen) atoms. The van der Waals surface area contributed by atoms with E-state index in [0.29, 0.717) is 37.3 Å². The van der Waals surface area contributed by atoms with Crippen molar-refractivity contribution in [3.8, 4) is 11.5 Å². The quantitative estimate of drug-likeness (QED) is 0.403. The first kappa shape index (κ1) is 20.2. The first-order chi connectivity index (χ1) is 14.3. The third-order valence-corrected chi connectivity index (χ3v) is 9.31. The Bertz CT molecular complexity index is 1040. The Hall–Kier alpha value is -1.71. The van der Waals surface area contributed by atoms with Crippen LogP contribution >= 0.6 is 12.6 Å². The number of benzene rings is 1. The highest BCUT2D eigenvalue weighted by molar-refractivity contribution is 7.89. The average Bonchev–Trinajstić information content (AvgIpc) is 3.04. The summed E-state index contributed by atoms with van der Waals surface area (Å²) in [6.45, 7) is 1.74. The Morgan fingerprint density at radius 2 is 2.20 bits per heavy atom. The number of phenolic OH excluding ortho intramolecular Hbond substituents is 1. The molecule has 1 N–H and O–H groups in total. The van der Waals surface area contributed by atoms with Crippen LogP contribution in [0.25, 0.3) is 0 Å². The number of carbonyl (C=O) groups is 1. The van der Waals surface area contributed by atoms with Gasteiger partial charge in [-0.05, 0) is 42.7 Å². The van der Waals surface area contributed by atoms with Gasteiger partial charge in [-0.15, -0.1) is 0 Å². The van der Waals surface area contributed by atoms with Crippen LogP contribution in [0.15, 0.2) is 24.3 Å². The second kappa shape index (κ2) is 6.90. The molecule has 162 valence electrons. The molecule has 2 aliphatic carbocycles. The minimum absolute atomic E-state index is 0.0696. The lowest BCUT2D eigenvalue weighted by molar-refractivity contribution is -0.151. The fourth-order valence-corrected chi connectivity index (χ4v) is 8.11. The summed E-state index contributed by atoms with van der Waals surface area (Å²) in [5, 5.41) is 10.5. The van der Waals surface area contributed by atoms with E-state index in [-0.39, 0.29) is 23.5 Å². The summed E-state index contributed by atoms with van der Waals surface area (Å²) in [5.41, 5.74) is 1.44. The van der Waals surface area contributed by atoms with Crippen LogP contribution < -0.4 is 4.74 Å². The Balaban J connectivity index is 1.64. The number of thiol groups is 1. The number of phenols is 1. The van der Waals surface area contributed by atoms with Crippen molar-refractivity contribution in [2.45, 2.75) is 49.9 Å². The molecule has 2 aliphatic heterocycles. The lowest BCUT2D eigenvalue weighted by atomic mass is 9.53. The van der Waals surface area contributed by atoms with Gasteiger partial charge in [-0.2, -0.15) is 16.9 Å². The third kappa shape index (κ3) is 2.67. The molecule has 5 atom stereocenters. The molecule has 9 heteroatoms. The van der Waals surface area contributed by atoms with Crippen LogP contribution in [0.4, 0.5) is 0 Å². The van der Waals surface area contributed by atoms with E-state index in [0.717, 1.165) is 11.1 Å². The molecule has 1 saturated heterocycles. The number of piperidine rings is 1. The first-order valence-electron chi connectivity index (χ1n) is 10.3. The largest absolute Gasteiger partial charge is 0.504 e. The number of rotatable bonds is 5. The number of hydrogen-bond acceptors (Lipinski definition) is 7. The summed E-state index contributed by atoms with van der Waals surface area (Å²) in [4.78, 5) is 11.7. The molecule has 1 spiro atoms. The van der Waals surface area contributed by atoms with Crippen LogP contribution in [0, 0.1) is 5.92 Å². The summed E-state index contributed by atoms with van der Waals surface area (Å²) in [6.07, 6.45) is 4.38. The van der Waals surface area contributed by atoms with E-state index in [4.69, 9.17) is 9.47 Å². The van der Waals surface area contributed by atoms with Gasteiger partial charge < -0.3 is 14.6 Å². The van der Waals surface area contributed by atoms with Gasteiger partial charge in [-0.25, -0.2) is 8.42 Å². The molecule has 1 aromatic rings. The molecule has 0 amide bonds. The van der Waals surface area contributed by atoms with E-state index < -0.39 is 33.6 Å². The molecule has 7 nitrogen and oxygen atoms in total. The minimum Gasteiger partial charge on any atom is -0.504 e. The average molecular weight is 452 g/mol. The highest BCUT2D eigenvalue weighted by Gasteiger charge is 2.66. The fraction of sp³-hybridized carbons (Fsp3) is 0.571. The fourth-order valence-electron chi connectivity index (χ4n) is 6.01. The lowest BCUT2D eigenvalue weighted by Gasteiger charge is -2.56. The molecule has 5 rings (SSSR count). The van der Waals surface area contributed by atoms with Gasteiger partial charge in [0.25, 0.3) is 0 Å². The topological polar surface area (TPSA) is 93.1 Å². The number of hydrogen-bond donors (Lipinski definition) is 2. The number of esters is 1. The van der Waals surface area contributed by atoms with Gasteiger partial charge in [0.05, 0.1) is 5.75 Å². The van der Waals surface area contributed by atoms with Gasteiger partial charge >= 0.3 is 5.97 Å². The van der Waals surface area contributed by atoms with Crippen molar-refractivity contribution >= 4 is 28.6 Å². The van der Waals surface area contributed by atoms with Gasteiger partial charge in [0.2, 0.25) is 10.0 Å². The highest BCUT2D eigenvalue weighted by Crippen LogP contribution is 2.63. The number of ether oxygens (including phenoxy) is 2. The number of sulfonamides is 1. The molecular weight excluding hydrogens is 426 g/mol. The maximum absolute atomic E-state index is 13.1. The summed E-state index contributed by atoms with van der Waals surface area (Å²) in [5.74, 6) is 0.622. The normalized spacial score (nSPS) is 33.7. The number of aromatic hydroxyl groups is 1. The summed E-state index contributed by atoms with van der Waals surface area (Å²) in [7, 11) is -3.42. The second-order valence-electron chi connectivity index (χ2n) is 8.54. The van der Waals surface area contributed by atoms with Crippen LogP contribution in [-0.2, 0) is 31.4 Å². The zero-order valence-corrected chi connectivity index (χ0v) is 18.4. The second-order valence-corrected chi connectivity index (χ2v) is 11.0. The minimum atomic E-state index is -3.42. The monoisotopic (exact) mass is 451 g/mol. The SMILES string of the molecule is CC(=O)O[C@H]1C=CC2C3Cc4ccc(O)c5c4[C@@]2(CCN3S(=O)(=O)CCCS)[C@H]1O5. The van der Waals surface area contributed by atoms with Crippen LogP contribution in [0.5, 0.6) is 11.5 Å². The molecule has 2 heterocycles. The zero-order valence-electron chi connectivity index (χ0n) is 16.7. The predicted octanol–water partition coefficient (Wildman–Crippen LogP) is 1.79. The summed E-state index contributed by atoms with van der Waals surface area (Å²) >= 11 is 4.17. The molecule has 0 saturated carbocycles.